The normalized spacial score (nSPS) is 11.2. The number of benzene rings is 2. The number of imidazole rings is 2. The SMILES string of the molecule is O=S=c1[nH]c2ccc(-c3ccc4[nH]cnc4c3)cc2[nH]1. The first-order chi connectivity index (χ1) is 9.83. The van der Waals surface area contributed by atoms with E-state index in [1.54, 1.807) is 6.33 Å². The Hall–Kier alpha value is -2.60. The molecule has 0 spiro atoms. The number of rotatable bonds is 1. The Morgan fingerprint density at radius 3 is 2.50 bits per heavy atom. The fourth-order valence-corrected chi connectivity index (χ4v) is 2.67. The van der Waals surface area contributed by atoms with E-state index in [1.165, 1.54) is 0 Å². The van der Waals surface area contributed by atoms with Gasteiger partial charge in [0.1, 0.15) is 11.3 Å². The Bertz CT molecular complexity index is 1020. The molecule has 0 aliphatic carbocycles. The lowest BCUT2D eigenvalue weighted by molar-refractivity contribution is 0.699. The van der Waals surface area contributed by atoms with Gasteiger partial charge in [-0.05, 0) is 35.4 Å². The van der Waals surface area contributed by atoms with Gasteiger partial charge in [0.15, 0.2) is 0 Å². The van der Waals surface area contributed by atoms with Crippen LogP contribution < -0.4 is 0 Å². The first kappa shape index (κ1) is 11.2. The zero-order valence-corrected chi connectivity index (χ0v) is 11.1. The maximum absolute atomic E-state index is 10.8. The second-order valence-electron chi connectivity index (χ2n) is 4.56. The Morgan fingerprint density at radius 2 is 1.65 bits per heavy atom. The van der Waals surface area contributed by atoms with E-state index in [0.29, 0.717) is 16.0 Å². The summed E-state index contributed by atoms with van der Waals surface area (Å²) in [6.45, 7) is 0. The molecule has 98 valence electrons. The van der Waals surface area contributed by atoms with Crippen LogP contribution >= 0.6 is 0 Å². The fourth-order valence-electron chi connectivity index (χ4n) is 2.37. The minimum absolute atomic E-state index is 0.424. The minimum Gasteiger partial charge on any atom is -0.345 e. The van der Waals surface area contributed by atoms with Crippen molar-refractivity contribution in [2.75, 3.05) is 0 Å². The monoisotopic (exact) mass is 282 g/mol. The standard InChI is InChI=1S/C14H10N4OS/c19-20-14-17-11-4-2-9(6-13(11)18-14)8-1-3-10-12(5-8)16-7-15-10/h1-7,17-18H,(H,15,16). The first-order valence-corrected chi connectivity index (χ1v) is 6.86. The third kappa shape index (κ3) is 1.70. The van der Waals surface area contributed by atoms with E-state index in [1.807, 2.05) is 30.3 Å². The second kappa shape index (κ2) is 4.21. The van der Waals surface area contributed by atoms with Crippen molar-refractivity contribution in [3.05, 3.63) is 47.5 Å². The number of H-pyrrole nitrogens is 3. The van der Waals surface area contributed by atoms with Crippen LogP contribution in [0.5, 0.6) is 0 Å². The van der Waals surface area contributed by atoms with Gasteiger partial charge < -0.3 is 15.0 Å². The van der Waals surface area contributed by atoms with Crippen molar-refractivity contribution in [1.82, 2.24) is 19.9 Å². The second-order valence-corrected chi connectivity index (χ2v) is 5.13. The summed E-state index contributed by atoms with van der Waals surface area (Å²) in [5, 5.41) is 0. The molecule has 5 nitrogen and oxygen atoms in total. The average Bonchev–Trinajstić information content (AvgIpc) is 3.11. The lowest BCUT2D eigenvalue weighted by atomic mass is 10.0. The van der Waals surface area contributed by atoms with E-state index in [9.17, 15) is 4.21 Å². The predicted octanol–water partition coefficient (Wildman–Crippen LogP) is 2.78. The number of nitrogens with zero attached hydrogens (tertiary/aromatic N) is 1. The third-order valence-electron chi connectivity index (χ3n) is 3.35. The summed E-state index contributed by atoms with van der Waals surface area (Å²) in [6, 6.07) is 12.1. The van der Waals surface area contributed by atoms with Crippen molar-refractivity contribution in [3.63, 3.8) is 0 Å². The molecule has 2 aromatic heterocycles. The third-order valence-corrected chi connectivity index (χ3v) is 3.72. The van der Waals surface area contributed by atoms with Crippen LogP contribution in [0.1, 0.15) is 0 Å². The highest BCUT2D eigenvalue weighted by Gasteiger charge is 2.04. The highest BCUT2D eigenvalue weighted by atomic mass is 32.1. The number of hydrogen-bond donors (Lipinski definition) is 3. The Kier molecular flexibility index (Phi) is 2.37. The lowest BCUT2D eigenvalue weighted by Crippen LogP contribution is -1.79. The van der Waals surface area contributed by atoms with Crippen LogP contribution in [0.3, 0.4) is 0 Å². The zero-order chi connectivity index (χ0) is 13.5. The first-order valence-electron chi connectivity index (χ1n) is 6.12. The van der Waals surface area contributed by atoms with E-state index in [4.69, 9.17) is 0 Å². The van der Waals surface area contributed by atoms with E-state index < -0.39 is 0 Å². The van der Waals surface area contributed by atoms with Crippen LogP contribution in [0.25, 0.3) is 33.2 Å². The Balaban J connectivity index is 1.93. The molecule has 4 rings (SSSR count). The molecule has 0 radical (unpaired) electrons. The summed E-state index contributed by atoms with van der Waals surface area (Å²) in [7, 11) is 0. The summed E-state index contributed by atoms with van der Waals surface area (Å²) in [6.07, 6.45) is 1.69. The van der Waals surface area contributed by atoms with Crippen LogP contribution in [0, 0.1) is 4.77 Å². The van der Waals surface area contributed by atoms with E-state index >= 15 is 0 Å². The average molecular weight is 282 g/mol. The predicted molar refractivity (Wildman–Crippen MR) is 79.1 cm³/mol. The summed E-state index contributed by atoms with van der Waals surface area (Å²) in [5.41, 5.74) is 5.98. The maximum atomic E-state index is 10.8. The molecule has 2 aromatic carbocycles. The molecule has 3 N–H and O–H groups in total. The molecule has 0 unspecified atom stereocenters. The molecule has 6 heteroatoms. The van der Waals surface area contributed by atoms with Gasteiger partial charge >= 0.3 is 0 Å². The number of fused-ring (bicyclic) bond motifs is 2. The molecule has 0 fully saturated rings. The van der Waals surface area contributed by atoms with E-state index in [-0.39, 0.29) is 0 Å². The quantitative estimate of drug-likeness (QED) is 0.469. The van der Waals surface area contributed by atoms with Crippen molar-refractivity contribution in [2.24, 2.45) is 0 Å². The van der Waals surface area contributed by atoms with Crippen molar-refractivity contribution in [2.45, 2.75) is 0 Å². The number of nitrogens with one attached hydrogen (secondary N) is 3. The van der Waals surface area contributed by atoms with Gasteiger partial charge in [-0.25, -0.2) is 9.19 Å². The van der Waals surface area contributed by atoms with Crippen molar-refractivity contribution in [3.8, 4) is 11.1 Å². The van der Waals surface area contributed by atoms with E-state index in [2.05, 4.69) is 26.0 Å². The minimum atomic E-state index is 0.424. The smallest absolute Gasteiger partial charge is 0.205 e. The van der Waals surface area contributed by atoms with Gasteiger partial charge in [-0.2, -0.15) is 0 Å². The lowest BCUT2D eigenvalue weighted by Gasteiger charge is -2.01. The van der Waals surface area contributed by atoms with Gasteiger partial charge in [0.05, 0.1) is 28.4 Å². The van der Waals surface area contributed by atoms with Crippen LogP contribution in [-0.4, -0.2) is 24.1 Å². The zero-order valence-electron chi connectivity index (χ0n) is 10.3. The fraction of sp³-hybridized carbons (Fsp3) is 0. The van der Waals surface area contributed by atoms with Crippen molar-refractivity contribution in [1.29, 1.82) is 0 Å². The topological polar surface area (TPSA) is 77.3 Å². The molecular weight excluding hydrogens is 272 g/mol. The molecule has 0 aliphatic heterocycles. The molecule has 0 aliphatic rings. The maximum Gasteiger partial charge on any atom is 0.205 e. The van der Waals surface area contributed by atoms with Crippen LogP contribution in [0.4, 0.5) is 0 Å². The van der Waals surface area contributed by atoms with Gasteiger partial charge in [0, 0.05) is 0 Å². The number of hydrogen-bond acceptors (Lipinski definition) is 2. The van der Waals surface area contributed by atoms with Gasteiger partial charge in [-0.1, -0.05) is 12.1 Å². The molecule has 0 atom stereocenters. The summed E-state index contributed by atoms with van der Waals surface area (Å²) >= 11 is 0.424. The van der Waals surface area contributed by atoms with Gasteiger partial charge in [-0.3, -0.25) is 0 Å². The Morgan fingerprint density at radius 1 is 0.900 bits per heavy atom. The summed E-state index contributed by atoms with van der Waals surface area (Å²) in [4.78, 5) is 13.4. The molecule has 0 saturated carbocycles. The van der Waals surface area contributed by atoms with Crippen LogP contribution in [0.2, 0.25) is 0 Å². The molecule has 2 heterocycles. The molecule has 0 amide bonds. The largest absolute Gasteiger partial charge is 0.345 e. The highest BCUT2D eigenvalue weighted by Crippen LogP contribution is 2.25. The van der Waals surface area contributed by atoms with Gasteiger partial charge in [-0.15, -0.1) is 0 Å². The molecule has 20 heavy (non-hydrogen) atoms. The van der Waals surface area contributed by atoms with E-state index in [0.717, 1.165) is 33.2 Å². The molecular formula is C14H10N4OS. The summed E-state index contributed by atoms with van der Waals surface area (Å²) in [5.74, 6) is 0. The van der Waals surface area contributed by atoms with Crippen LogP contribution in [0.15, 0.2) is 42.7 Å². The molecule has 4 aromatic rings. The van der Waals surface area contributed by atoms with Crippen molar-refractivity contribution >= 4 is 33.3 Å². The number of aromatic amines is 3. The highest BCUT2D eigenvalue weighted by molar-refractivity contribution is 7.56. The van der Waals surface area contributed by atoms with Gasteiger partial charge in [0.25, 0.3) is 0 Å². The van der Waals surface area contributed by atoms with Crippen molar-refractivity contribution < 1.29 is 4.21 Å². The van der Waals surface area contributed by atoms with Crippen LogP contribution in [-0.2, 0) is 11.3 Å². The molecule has 0 saturated heterocycles. The van der Waals surface area contributed by atoms with Gasteiger partial charge in [0.2, 0.25) is 4.77 Å². The molecule has 0 bridgehead atoms. The number of aromatic nitrogens is 4. The Labute approximate surface area is 116 Å². The summed E-state index contributed by atoms with van der Waals surface area (Å²) < 4.78 is 11.3.